The summed E-state index contributed by atoms with van der Waals surface area (Å²) in [4.78, 5) is 17.1. The molecule has 0 radical (unpaired) electrons. The first kappa shape index (κ1) is 16.2. The molecule has 2 heterocycles. The van der Waals surface area contributed by atoms with Gasteiger partial charge in [-0.2, -0.15) is 0 Å². The number of nitrogens with zero attached hydrogens (tertiary/aromatic N) is 2. The minimum absolute atomic E-state index is 0.0469. The van der Waals surface area contributed by atoms with Gasteiger partial charge in [-0.15, -0.1) is 0 Å². The van der Waals surface area contributed by atoms with Crippen molar-refractivity contribution < 1.29 is 8.42 Å². The SMILES string of the molecule is Cc1ccc(NS(=O)(=O)c2ccc3nc4n(c(=O)c3c2)CCS4)cc1. The minimum atomic E-state index is -3.78. The molecule has 8 heteroatoms. The average molecular weight is 373 g/mol. The fourth-order valence-corrected chi connectivity index (χ4v) is 4.75. The quantitative estimate of drug-likeness (QED) is 0.714. The molecule has 0 atom stereocenters. The molecule has 128 valence electrons. The lowest BCUT2D eigenvalue weighted by molar-refractivity contribution is 0.601. The zero-order valence-electron chi connectivity index (χ0n) is 13.4. The van der Waals surface area contributed by atoms with Gasteiger partial charge in [0.2, 0.25) is 0 Å². The van der Waals surface area contributed by atoms with Crippen molar-refractivity contribution in [2.75, 3.05) is 10.5 Å². The highest BCUT2D eigenvalue weighted by Crippen LogP contribution is 2.25. The van der Waals surface area contributed by atoms with Crippen molar-refractivity contribution in [3.8, 4) is 0 Å². The normalized spacial score (nSPS) is 13.8. The molecule has 3 aromatic rings. The van der Waals surface area contributed by atoms with E-state index in [1.54, 1.807) is 22.8 Å². The summed E-state index contributed by atoms with van der Waals surface area (Å²) in [6.07, 6.45) is 0. The maximum atomic E-state index is 12.6. The molecule has 4 rings (SSSR count). The van der Waals surface area contributed by atoms with Crippen LogP contribution in [0.3, 0.4) is 0 Å². The number of aromatic nitrogens is 2. The fraction of sp³-hybridized carbons (Fsp3) is 0.176. The second kappa shape index (κ2) is 5.89. The molecule has 0 unspecified atom stereocenters. The number of thioether (sulfide) groups is 1. The van der Waals surface area contributed by atoms with E-state index in [1.807, 2.05) is 19.1 Å². The molecule has 0 fully saturated rings. The topological polar surface area (TPSA) is 81.1 Å². The van der Waals surface area contributed by atoms with Gasteiger partial charge in [-0.1, -0.05) is 29.5 Å². The van der Waals surface area contributed by atoms with Crippen LogP contribution in [0.25, 0.3) is 10.9 Å². The van der Waals surface area contributed by atoms with Gasteiger partial charge in [-0.3, -0.25) is 14.1 Å². The summed E-state index contributed by atoms with van der Waals surface area (Å²) in [6.45, 7) is 2.53. The van der Waals surface area contributed by atoms with Crippen molar-refractivity contribution in [2.24, 2.45) is 0 Å². The molecule has 1 N–H and O–H groups in total. The van der Waals surface area contributed by atoms with E-state index in [0.717, 1.165) is 11.3 Å². The van der Waals surface area contributed by atoms with Crippen molar-refractivity contribution in [2.45, 2.75) is 23.5 Å². The number of hydrogen-bond acceptors (Lipinski definition) is 5. The molecule has 0 spiro atoms. The van der Waals surface area contributed by atoms with Gasteiger partial charge in [0, 0.05) is 18.0 Å². The Kier molecular flexibility index (Phi) is 3.81. The largest absolute Gasteiger partial charge is 0.286 e. The monoisotopic (exact) mass is 373 g/mol. The van der Waals surface area contributed by atoms with Gasteiger partial charge >= 0.3 is 0 Å². The predicted octanol–water partition coefficient (Wildman–Crippen LogP) is 2.61. The van der Waals surface area contributed by atoms with Crippen LogP contribution in [-0.2, 0) is 16.6 Å². The molecule has 6 nitrogen and oxygen atoms in total. The fourth-order valence-electron chi connectivity index (χ4n) is 2.72. The van der Waals surface area contributed by atoms with Crippen LogP contribution in [0, 0.1) is 6.92 Å². The summed E-state index contributed by atoms with van der Waals surface area (Å²) in [5, 5.41) is 1.00. The number of sulfonamides is 1. The van der Waals surface area contributed by atoms with Crippen molar-refractivity contribution in [1.82, 2.24) is 9.55 Å². The Hall–Kier alpha value is -2.32. The van der Waals surface area contributed by atoms with Crippen LogP contribution >= 0.6 is 11.8 Å². The lowest BCUT2D eigenvalue weighted by atomic mass is 10.2. The Labute approximate surface area is 149 Å². The molecule has 2 aromatic carbocycles. The van der Waals surface area contributed by atoms with Gasteiger partial charge in [0.25, 0.3) is 15.6 Å². The number of benzene rings is 2. The molecule has 1 aromatic heterocycles. The second-order valence-corrected chi connectivity index (χ2v) is 8.59. The Morgan fingerprint density at radius 1 is 1.16 bits per heavy atom. The third-order valence-corrected chi connectivity index (χ3v) is 6.39. The first-order valence-electron chi connectivity index (χ1n) is 7.71. The highest BCUT2D eigenvalue weighted by atomic mass is 32.2. The number of rotatable bonds is 3. The van der Waals surface area contributed by atoms with Gasteiger partial charge in [-0.25, -0.2) is 13.4 Å². The van der Waals surface area contributed by atoms with Crippen LogP contribution in [0.2, 0.25) is 0 Å². The lowest BCUT2D eigenvalue weighted by Crippen LogP contribution is -2.21. The smallest absolute Gasteiger partial charge is 0.262 e. The Morgan fingerprint density at radius 2 is 1.92 bits per heavy atom. The molecule has 1 aliphatic heterocycles. The molecular formula is C17H15N3O3S2. The highest BCUT2D eigenvalue weighted by molar-refractivity contribution is 7.99. The number of hydrogen-bond donors (Lipinski definition) is 1. The van der Waals surface area contributed by atoms with E-state index in [0.29, 0.717) is 28.3 Å². The van der Waals surface area contributed by atoms with E-state index >= 15 is 0 Å². The van der Waals surface area contributed by atoms with Crippen LogP contribution in [0.15, 0.2) is 57.3 Å². The zero-order valence-corrected chi connectivity index (χ0v) is 15.0. The predicted molar refractivity (Wildman–Crippen MR) is 98.7 cm³/mol. The zero-order chi connectivity index (χ0) is 17.6. The molecule has 0 aliphatic carbocycles. The molecule has 0 saturated carbocycles. The maximum Gasteiger partial charge on any atom is 0.262 e. The van der Waals surface area contributed by atoms with E-state index in [9.17, 15) is 13.2 Å². The second-order valence-electron chi connectivity index (χ2n) is 5.85. The molecule has 0 amide bonds. The number of fused-ring (bicyclic) bond motifs is 2. The van der Waals surface area contributed by atoms with Gasteiger partial charge in [0.15, 0.2) is 5.16 Å². The highest BCUT2D eigenvalue weighted by Gasteiger charge is 2.20. The number of anilines is 1. The third-order valence-electron chi connectivity index (χ3n) is 4.05. The summed E-state index contributed by atoms with van der Waals surface area (Å²) in [5.41, 5.74) is 1.84. The first-order chi connectivity index (χ1) is 11.9. The van der Waals surface area contributed by atoms with Gasteiger partial charge in [0.1, 0.15) is 0 Å². The van der Waals surface area contributed by atoms with E-state index in [-0.39, 0.29) is 10.5 Å². The molecule has 0 bridgehead atoms. The van der Waals surface area contributed by atoms with E-state index in [4.69, 9.17) is 0 Å². The van der Waals surface area contributed by atoms with E-state index < -0.39 is 10.0 Å². The summed E-state index contributed by atoms with van der Waals surface area (Å²) in [7, 11) is -3.78. The maximum absolute atomic E-state index is 12.6. The summed E-state index contributed by atoms with van der Waals surface area (Å²) >= 11 is 1.53. The van der Waals surface area contributed by atoms with Crippen molar-refractivity contribution in [3.63, 3.8) is 0 Å². The first-order valence-corrected chi connectivity index (χ1v) is 10.2. The summed E-state index contributed by atoms with van der Waals surface area (Å²) < 4.78 is 29.4. The number of nitrogens with one attached hydrogen (secondary N) is 1. The summed E-state index contributed by atoms with van der Waals surface area (Å²) in [6, 6.07) is 11.5. The van der Waals surface area contributed by atoms with E-state index in [2.05, 4.69) is 9.71 Å². The average Bonchev–Trinajstić information content (AvgIpc) is 3.05. The van der Waals surface area contributed by atoms with Crippen molar-refractivity contribution >= 4 is 38.4 Å². The van der Waals surface area contributed by atoms with Gasteiger partial charge in [0.05, 0.1) is 15.8 Å². The third kappa shape index (κ3) is 2.91. The van der Waals surface area contributed by atoms with Crippen LogP contribution in [-0.4, -0.2) is 23.7 Å². The van der Waals surface area contributed by atoms with Crippen molar-refractivity contribution in [1.29, 1.82) is 0 Å². The van der Waals surface area contributed by atoms with Crippen LogP contribution in [0.4, 0.5) is 5.69 Å². The standard InChI is InChI=1S/C17H15N3O3S2/c1-11-2-4-12(5-3-11)19-25(22,23)13-6-7-15-14(10-13)16(21)20-8-9-24-17(20)18-15/h2-7,10,19H,8-9H2,1H3. The van der Waals surface area contributed by atoms with Crippen molar-refractivity contribution in [3.05, 3.63) is 58.4 Å². The summed E-state index contributed by atoms with van der Waals surface area (Å²) in [5.74, 6) is 0.804. The van der Waals surface area contributed by atoms with Crippen LogP contribution < -0.4 is 10.3 Å². The Morgan fingerprint density at radius 3 is 2.68 bits per heavy atom. The van der Waals surface area contributed by atoms with Crippen LogP contribution in [0.5, 0.6) is 0 Å². The molecule has 0 saturated heterocycles. The molecule has 1 aliphatic rings. The van der Waals surface area contributed by atoms with Gasteiger partial charge < -0.3 is 0 Å². The lowest BCUT2D eigenvalue weighted by Gasteiger charge is -2.10. The minimum Gasteiger partial charge on any atom is -0.286 e. The van der Waals surface area contributed by atoms with Crippen LogP contribution in [0.1, 0.15) is 5.56 Å². The Bertz CT molecular complexity index is 1140. The Balaban J connectivity index is 1.78. The molecule has 25 heavy (non-hydrogen) atoms. The van der Waals surface area contributed by atoms with Gasteiger partial charge in [-0.05, 0) is 37.3 Å². The molecular weight excluding hydrogens is 358 g/mol. The number of aryl methyl sites for hydroxylation is 1. The van der Waals surface area contributed by atoms with E-state index in [1.165, 1.54) is 23.9 Å².